The average Bonchev–Trinajstić information content (AvgIpc) is 2.36. The Balaban J connectivity index is 2.52. The molecule has 1 unspecified atom stereocenters. The number of amides is 1. The Bertz CT molecular complexity index is 371. The van der Waals surface area contributed by atoms with Gasteiger partial charge in [0.1, 0.15) is 0 Å². The first-order chi connectivity index (χ1) is 8.69. The van der Waals surface area contributed by atoms with Gasteiger partial charge in [-0.2, -0.15) is 0 Å². The maximum Gasteiger partial charge on any atom is 0.251 e. The summed E-state index contributed by atoms with van der Waals surface area (Å²) in [5.41, 5.74) is 1.72. The molecule has 2 N–H and O–H groups in total. The lowest BCUT2D eigenvalue weighted by Gasteiger charge is -2.16. The Morgan fingerprint density at radius 3 is 2.67 bits per heavy atom. The van der Waals surface area contributed by atoms with E-state index in [4.69, 9.17) is 5.11 Å². The summed E-state index contributed by atoms with van der Waals surface area (Å²) in [5.74, 6) is 0.347. The van der Waals surface area contributed by atoms with Crippen LogP contribution in [0, 0.1) is 12.8 Å². The third kappa shape index (κ3) is 4.49. The molecular weight excluding hydrogens is 226 g/mol. The Hall–Kier alpha value is -1.35. The van der Waals surface area contributed by atoms with E-state index < -0.39 is 0 Å². The second-order valence-electron chi connectivity index (χ2n) is 4.69. The minimum atomic E-state index is -0.0212. The third-order valence-electron chi connectivity index (χ3n) is 3.18. The molecule has 1 rings (SSSR count). The van der Waals surface area contributed by atoms with Gasteiger partial charge in [0.2, 0.25) is 0 Å². The summed E-state index contributed by atoms with van der Waals surface area (Å²) >= 11 is 0. The van der Waals surface area contributed by atoms with Crippen molar-refractivity contribution in [2.45, 2.75) is 33.1 Å². The van der Waals surface area contributed by atoms with Crippen LogP contribution in [0.1, 0.15) is 42.1 Å². The van der Waals surface area contributed by atoms with Crippen molar-refractivity contribution in [1.29, 1.82) is 0 Å². The number of aryl methyl sites for hydroxylation is 1. The van der Waals surface area contributed by atoms with Crippen molar-refractivity contribution in [3.63, 3.8) is 0 Å². The average molecular weight is 249 g/mol. The van der Waals surface area contributed by atoms with E-state index in [-0.39, 0.29) is 12.5 Å². The SMILES string of the molecule is CCCC(CCO)CNC(=O)c1ccccc1C. The second kappa shape index (κ2) is 7.88. The van der Waals surface area contributed by atoms with Crippen molar-refractivity contribution < 1.29 is 9.90 Å². The van der Waals surface area contributed by atoms with Gasteiger partial charge in [0.25, 0.3) is 5.91 Å². The molecule has 0 heterocycles. The van der Waals surface area contributed by atoms with Crippen LogP contribution in [0.3, 0.4) is 0 Å². The summed E-state index contributed by atoms with van der Waals surface area (Å²) < 4.78 is 0. The molecule has 0 bridgehead atoms. The van der Waals surface area contributed by atoms with Gasteiger partial charge in [0, 0.05) is 18.7 Å². The molecule has 0 aliphatic carbocycles. The van der Waals surface area contributed by atoms with Crippen molar-refractivity contribution in [3.05, 3.63) is 35.4 Å². The lowest BCUT2D eigenvalue weighted by Crippen LogP contribution is -2.30. The van der Waals surface area contributed by atoms with Crippen LogP contribution in [-0.4, -0.2) is 24.2 Å². The number of carbonyl (C=O) groups is 1. The van der Waals surface area contributed by atoms with Crippen LogP contribution in [0.15, 0.2) is 24.3 Å². The predicted molar refractivity (Wildman–Crippen MR) is 73.6 cm³/mol. The fourth-order valence-electron chi connectivity index (χ4n) is 2.10. The highest BCUT2D eigenvalue weighted by molar-refractivity contribution is 5.95. The van der Waals surface area contributed by atoms with Crippen molar-refractivity contribution in [3.8, 4) is 0 Å². The topological polar surface area (TPSA) is 49.3 Å². The zero-order valence-corrected chi connectivity index (χ0v) is 11.3. The van der Waals surface area contributed by atoms with Crippen LogP contribution in [0.5, 0.6) is 0 Å². The summed E-state index contributed by atoms with van der Waals surface area (Å²) in [6.45, 7) is 4.88. The van der Waals surface area contributed by atoms with Crippen LogP contribution in [0.4, 0.5) is 0 Å². The number of hydrogen-bond donors (Lipinski definition) is 2. The Morgan fingerprint density at radius 2 is 2.06 bits per heavy atom. The fourth-order valence-corrected chi connectivity index (χ4v) is 2.10. The predicted octanol–water partition coefficient (Wildman–Crippen LogP) is 2.52. The Morgan fingerprint density at radius 1 is 1.33 bits per heavy atom. The van der Waals surface area contributed by atoms with Gasteiger partial charge in [-0.1, -0.05) is 31.5 Å². The normalized spacial score (nSPS) is 12.2. The number of nitrogens with one attached hydrogen (secondary N) is 1. The largest absolute Gasteiger partial charge is 0.396 e. The van der Waals surface area contributed by atoms with E-state index in [9.17, 15) is 4.79 Å². The third-order valence-corrected chi connectivity index (χ3v) is 3.18. The molecule has 1 aromatic carbocycles. The van der Waals surface area contributed by atoms with Crippen molar-refractivity contribution in [1.82, 2.24) is 5.32 Å². The van der Waals surface area contributed by atoms with Crippen molar-refractivity contribution in [2.75, 3.05) is 13.2 Å². The number of rotatable bonds is 7. The summed E-state index contributed by atoms with van der Waals surface area (Å²) in [6.07, 6.45) is 2.86. The minimum Gasteiger partial charge on any atom is -0.396 e. The van der Waals surface area contributed by atoms with Gasteiger partial charge in [0.05, 0.1) is 0 Å². The maximum atomic E-state index is 12.0. The molecule has 100 valence electrons. The lowest BCUT2D eigenvalue weighted by atomic mass is 10.00. The molecule has 0 saturated heterocycles. The van der Waals surface area contributed by atoms with Crippen LogP contribution in [0.25, 0.3) is 0 Å². The summed E-state index contributed by atoms with van der Waals surface area (Å²) in [5, 5.41) is 11.9. The lowest BCUT2D eigenvalue weighted by molar-refractivity contribution is 0.0942. The molecule has 3 heteroatoms. The molecule has 0 aromatic heterocycles. The Labute approximate surface area is 109 Å². The molecule has 0 spiro atoms. The van der Waals surface area contributed by atoms with Gasteiger partial charge < -0.3 is 10.4 Å². The molecule has 1 aromatic rings. The van der Waals surface area contributed by atoms with Crippen LogP contribution in [-0.2, 0) is 0 Å². The molecule has 0 aliphatic rings. The van der Waals surface area contributed by atoms with Gasteiger partial charge in [-0.25, -0.2) is 0 Å². The van der Waals surface area contributed by atoms with E-state index in [1.807, 2.05) is 31.2 Å². The van der Waals surface area contributed by atoms with Gasteiger partial charge in [-0.3, -0.25) is 4.79 Å². The van der Waals surface area contributed by atoms with E-state index in [0.717, 1.165) is 30.4 Å². The first kappa shape index (κ1) is 14.7. The van der Waals surface area contributed by atoms with Gasteiger partial charge in [0.15, 0.2) is 0 Å². The quantitative estimate of drug-likeness (QED) is 0.780. The zero-order chi connectivity index (χ0) is 13.4. The summed E-state index contributed by atoms with van der Waals surface area (Å²) in [6, 6.07) is 7.58. The minimum absolute atomic E-state index is 0.0212. The fraction of sp³-hybridized carbons (Fsp3) is 0.533. The van der Waals surface area contributed by atoms with Crippen LogP contribution >= 0.6 is 0 Å². The van der Waals surface area contributed by atoms with Crippen LogP contribution < -0.4 is 5.32 Å². The van der Waals surface area contributed by atoms with Gasteiger partial charge >= 0.3 is 0 Å². The standard InChI is InChI=1S/C15H23NO2/c1-3-6-13(9-10-17)11-16-15(18)14-8-5-4-7-12(14)2/h4-5,7-8,13,17H,3,6,9-11H2,1-2H3,(H,16,18). The van der Waals surface area contributed by atoms with E-state index >= 15 is 0 Å². The molecule has 3 nitrogen and oxygen atoms in total. The highest BCUT2D eigenvalue weighted by Crippen LogP contribution is 2.11. The number of hydrogen-bond acceptors (Lipinski definition) is 2. The van der Waals surface area contributed by atoms with Gasteiger partial charge in [-0.15, -0.1) is 0 Å². The number of carbonyl (C=O) groups excluding carboxylic acids is 1. The molecule has 1 amide bonds. The number of aliphatic hydroxyl groups excluding tert-OH is 1. The molecule has 0 radical (unpaired) electrons. The summed E-state index contributed by atoms with van der Waals surface area (Å²) in [7, 11) is 0. The monoisotopic (exact) mass is 249 g/mol. The van der Waals surface area contributed by atoms with Crippen molar-refractivity contribution >= 4 is 5.91 Å². The highest BCUT2D eigenvalue weighted by Gasteiger charge is 2.11. The molecular formula is C15H23NO2. The molecule has 0 fully saturated rings. The first-order valence-corrected chi connectivity index (χ1v) is 6.63. The van der Waals surface area contributed by atoms with Gasteiger partial charge in [-0.05, 0) is 37.3 Å². The van der Waals surface area contributed by atoms with E-state index in [2.05, 4.69) is 12.2 Å². The first-order valence-electron chi connectivity index (χ1n) is 6.63. The second-order valence-corrected chi connectivity index (χ2v) is 4.69. The molecule has 0 saturated carbocycles. The number of aliphatic hydroxyl groups is 1. The maximum absolute atomic E-state index is 12.0. The Kier molecular flexibility index (Phi) is 6.44. The smallest absolute Gasteiger partial charge is 0.251 e. The molecule has 18 heavy (non-hydrogen) atoms. The highest BCUT2D eigenvalue weighted by atomic mass is 16.3. The molecule has 1 atom stereocenters. The molecule has 0 aliphatic heterocycles. The summed E-state index contributed by atoms with van der Waals surface area (Å²) in [4.78, 5) is 12.0. The number of benzene rings is 1. The van der Waals surface area contributed by atoms with E-state index in [1.165, 1.54) is 0 Å². The van der Waals surface area contributed by atoms with E-state index in [1.54, 1.807) is 0 Å². The van der Waals surface area contributed by atoms with E-state index in [0.29, 0.717) is 12.5 Å². The van der Waals surface area contributed by atoms with Crippen LogP contribution in [0.2, 0.25) is 0 Å². The van der Waals surface area contributed by atoms with Crippen molar-refractivity contribution in [2.24, 2.45) is 5.92 Å². The zero-order valence-electron chi connectivity index (χ0n) is 11.3.